The van der Waals surface area contributed by atoms with Gasteiger partial charge in [-0.15, -0.1) is 0 Å². The number of methoxy groups -OCH3 is 1. The van der Waals surface area contributed by atoms with E-state index in [9.17, 15) is 14.0 Å². The van der Waals surface area contributed by atoms with Gasteiger partial charge in [-0.2, -0.15) is 0 Å². The lowest BCUT2D eigenvalue weighted by Crippen LogP contribution is -2.40. The second-order valence-electron chi connectivity index (χ2n) is 10.3. The van der Waals surface area contributed by atoms with E-state index in [0.29, 0.717) is 48.2 Å². The summed E-state index contributed by atoms with van der Waals surface area (Å²) >= 11 is 7.57. The number of esters is 1. The summed E-state index contributed by atoms with van der Waals surface area (Å²) in [5.74, 6) is 0.155. The van der Waals surface area contributed by atoms with Crippen LogP contribution in [0.5, 0.6) is 11.5 Å². The molecule has 1 aliphatic heterocycles. The van der Waals surface area contributed by atoms with E-state index in [1.165, 1.54) is 28.0 Å². The number of ether oxygens (including phenoxy) is 3. The normalized spacial score (nSPS) is 14.4. The first-order valence-electron chi connectivity index (χ1n) is 14.5. The molecule has 7 nitrogen and oxygen atoms in total. The Labute approximate surface area is 273 Å². The van der Waals surface area contributed by atoms with E-state index in [1.54, 1.807) is 62.6 Å². The summed E-state index contributed by atoms with van der Waals surface area (Å²) in [5, 5.41) is 0.457. The van der Waals surface area contributed by atoms with E-state index in [4.69, 9.17) is 30.8 Å². The highest BCUT2D eigenvalue weighted by Crippen LogP contribution is 2.36. The van der Waals surface area contributed by atoms with Crippen LogP contribution in [-0.2, 0) is 16.1 Å². The summed E-state index contributed by atoms with van der Waals surface area (Å²) in [6.45, 7) is 2.06. The molecule has 46 heavy (non-hydrogen) atoms. The number of rotatable bonds is 9. The number of benzene rings is 4. The molecule has 2 heterocycles. The molecular formula is C36H28ClFN2O5S. The van der Waals surface area contributed by atoms with Crippen molar-refractivity contribution in [2.24, 2.45) is 4.99 Å². The van der Waals surface area contributed by atoms with Gasteiger partial charge in [0.05, 0.1) is 35.6 Å². The zero-order valence-electron chi connectivity index (χ0n) is 24.9. The summed E-state index contributed by atoms with van der Waals surface area (Å²) in [6, 6.07) is 26.9. The van der Waals surface area contributed by atoms with Gasteiger partial charge in [0.25, 0.3) is 5.56 Å². The number of thiazole rings is 1. The molecule has 4 aromatic carbocycles. The monoisotopic (exact) mass is 654 g/mol. The van der Waals surface area contributed by atoms with E-state index >= 15 is 0 Å². The number of hydrogen-bond acceptors (Lipinski definition) is 7. The highest BCUT2D eigenvalue weighted by Gasteiger charge is 2.35. The van der Waals surface area contributed by atoms with Crippen LogP contribution in [0.1, 0.15) is 35.2 Å². The number of fused-ring (bicyclic) bond motifs is 1. The molecule has 6 rings (SSSR count). The average Bonchev–Trinajstić information content (AvgIpc) is 3.38. The van der Waals surface area contributed by atoms with E-state index in [-0.39, 0.29) is 30.2 Å². The first-order valence-corrected chi connectivity index (χ1v) is 15.6. The van der Waals surface area contributed by atoms with E-state index in [2.05, 4.69) is 0 Å². The fourth-order valence-electron chi connectivity index (χ4n) is 5.21. The lowest BCUT2D eigenvalue weighted by Gasteiger charge is -2.26. The predicted molar refractivity (Wildman–Crippen MR) is 176 cm³/mol. The molecule has 0 amide bonds. The van der Waals surface area contributed by atoms with Crippen LogP contribution in [0, 0.1) is 5.82 Å². The molecule has 0 N–H and O–H groups in total. The molecule has 0 aliphatic carbocycles. The SMILES string of the molecule is CCOC(=O)C1=C(c2ccccc2)N=c2s/c(=C\c3cc(Cl)ccc3OCc3ccc(F)cc3)c(=O)n2[C@H]1c1cccc(OC)c1. The Kier molecular flexibility index (Phi) is 9.14. The number of aromatic nitrogens is 1. The Bertz CT molecular complexity index is 2120. The number of nitrogens with zero attached hydrogens (tertiary/aromatic N) is 2. The Balaban J connectivity index is 1.54. The van der Waals surface area contributed by atoms with Crippen LogP contribution in [0.2, 0.25) is 5.02 Å². The lowest BCUT2D eigenvalue weighted by molar-refractivity contribution is -0.138. The third-order valence-electron chi connectivity index (χ3n) is 7.35. The third-order valence-corrected chi connectivity index (χ3v) is 8.57. The number of hydrogen-bond donors (Lipinski definition) is 0. The number of carbonyl (C=O) groups is 1. The number of halogens is 2. The molecule has 0 saturated heterocycles. The maximum atomic E-state index is 14.3. The molecule has 0 radical (unpaired) electrons. The van der Waals surface area contributed by atoms with E-state index in [0.717, 1.165) is 5.56 Å². The molecule has 1 aliphatic rings. The van der Waals surface area contributed by atoms with Gasteiger partial charge in [0.1, 0.15) is 23.9 Å². The van der Waals surface area contributed by atoms with Gasteiger partial charge in [-0.3, -0.25) is 9.36 Å². The highest BCUT2D eigenvalue weighted by molar-refractivity contribution is 7.07. The van der Waals surface area contributed by atoms with Crippen LogP contribution in [0.4, 0.5) is 4.39 Å². The van der Waals surface area contributed by atoms with Crippen molar-refractivity contribution in [1.82, 2.24) is 4.57 Å². The Morgan fingerprint density at radius 3 is 2.54 bits per heavy atom. The van der Waals surface area contributed by atoms with Crippen molar-refractivity contribution in [2.45, 2.75) is 19.6 Å². The van der Waals surface area contributed by atoms with Gasteiger partial charge in [-0.1, -0.05) is 77.5 Å². The highest BCUT2D eigenvalue weighted by atomic mass is 35.5. The average molecular weight is 655 g/mol. The van der Waals surface area contributed by atoms with Gasteiger partial charge in [0.15, 0.2) is 4.80 Å². The van der Waals surface area contributed by atoms with E-state index < -0.39 is 12.0 Å². The van der Waals surface area contributed by atoms with Crippen LogP contribution in [0.3, 0.4) is 0 Å². The molecule has 0 fully saturated rings. The van der Waals surface area contributed by atoms with Crippen LogP contribution < -0.4 is 24.4 Å². The van der Waals surface area contributed by atoms with Crippen molar-refractivity contribution >= 4 is 40.7 Å². The molecule has 5 aromatic rings. The lowest BCUT2D eigenvalue weighted by atomic mass is 9.93. The van der Waals surface area contributed by atoms with Crippen LogP contribution in [0.25, 0.3) is 11.8 Å². The smallest absolute Gasteiger partial charge is 0.338 e. The summed E-state index contributed by atoms with van der Waals surface area (Å²) in [5.41, 5.74) is 3.03. The van der Waals surface area contributed by atoms with Crippen molar-refractivity contribution in [2.75, 3.05) is 13.7 Å². The molecule has 0 unspecified atom stereocenters. The summed E-state index contributed by atoms with van der Waals surface area (Å²) < 4.78 is 32.4. The fourth-order valence-corrected chi connectivity index (χ4v) is 6.39. The van der Waals surface area contributed by atoms with Gasteiger partial charge in [-0.05, 0) is 66.6 Å². The predicted octanol–water partition coefficient (Wildman–Crippen LogP) is 6.32. The maximum Gasteiger partial charge on any atom is 0.338 e. The molecular weight excluding hydrogens is 627 g/mol. The standard InChI is InChI=1S/C36H28ClFN2O5S/c1-3-44-35(42)31-32(23-8-5-4-6-9-23)39-36-40(33(31)24-10-7-11-28(19-24)43-2)34(41)30(46-36)20-25-18-26(37)14-17-29(25)45-21-22-12-15-27(38)16-13-22/h4-20,33H,3,21H2,1-2H3/b30-20-/t33-/m0/s1. The van der Waals surface area contributed by atoms with Crippen LogP contribution in [-0.4, -0.2) is 24.3 Å². The molecule has 0 bridgehead atoms. The largest absolute Gasteiger partial charge is 0.497 e. The van der Waals surface area contributed by atoms with Crippen LogP contribution in [0.15, 0.2) is 112 Å². The van der Waals surface area contributed by atoms with Crippen molar-refractivity contribution < 1.29 is 23.4 Å². The first kappa shape index (κ1) is 31.0. The second-order valence-corrected chi connectivity index (χ2v) is 11.8. The summed E-state index contributed by atoms with van der Waals surface area (Å²) in [7, 11) is 1.56. The third kappa shape index (κ3) is 6.38. The van der Waals surface area contributed by atoms with Crippen molar-refractivity contribution in [3.63, 3.8) is 0 Å². The maximum absolute atomic E-state index is 14.3. The first-order chi connectivity index (χ1) is 22.4. The Morgan fingerprint density at radius 1 is 1.02 bits per heavy atom. The zero-order chi connectivity index (χ0) is 32.2. The minimum atomic E-state index is -0.851. The summed E-state index contributed by atoms with van der Waals surface area (Å²) in [4.78, 5) is 33.3. The van der Waals surface area contributed by atoms with Gasteiger partial charge in [0, 0.05) is 16.1 Å². The molecule has 0 spiro atoms. The molecule has 1 aromatic heterocycles. The second kappa shape index (κ2) is 13.6. The van der Waals surface area contributed by atoms with Gasteiger partial charge in [-0.25, -0.2) is 14.2 Å². The quantitative estimate of drug-likeness (QED) is 0.174. The summed E-state index contributed by atoms with van der Waals surface area (Å²) in [6.07, 6.45) is 1.70. The van der Waals surface area contributed by atoms with E-state index in [1.807, 2.05) is 42.5 Å². The van der Waals surface area contributed by atoms with Gasteiger partial charge in [0.2, 0.25) is 0 Å². The molecule has 232 valence electrons. The van der Waals surface area contributed by atoms with Crippen LogP contribution >= 0.6 is 22.9 Å². The van der Waals surface area contributed by atoms with Crippen molar-refractivity contribution in [1.29, 1.82) is 0 Å². The molecule has 1 atom stereocenters. The molecule has 10 heteroatoms. The van der Waals surface area contributed by atoms with Gasteiger partial charge >= 0.3 is 5.97 Å². The van der Waals surface area contributed by atoms with Crippen molar-refractivity contribution in [3.05, 3.63) is 155 Å². The Morgan fingerprint density at radius 2 is 1.80 bits per heavy atom. The van der Waals surface area contributed by atoms with Crippen molar-refractivity contribution in [3.8, 4) is 11.5 Å². The molecule has 0 saturated carbocycles. The fraction of sp³-hybridized carbons (Fsp3) is 0.139. The minimum absolute atomic E-state index is 0.148. The topological polar surface area (TPSA) is 79.1 Å². The zero-order valence-corrected chi connectivity index (χ0v) is 26.5. The Hall–Kier alpha value is -4.99. The van der Waals surface area contributed by atoms with Gasteiger partial charge < -0.3 is 14.2 Å². The minimum Gasteiger partial charge on any atom is -0.497 e. The number of carbonyl (C=O) groups excluding carboxylic acids is 1.